The molecule has 1 heterocycles. The molecule has 21 heavy (non-hydrogen) atoms. The molecule has 1 amide bonds. The standard InChI is InChI=1S/C18H28N2O/c1-18(2,3)20-14-12-19(13-15-20)17(21)11-7-10-16-8-5-4-6-9-16/h4-6,8-9H,7,10-15H2,1-3H3. The van der Waals surface area contributed by atoms with Gasteiger partial charge in [0.25, 0.3) is 0 Å². The first-order valence-corrected chi connectivity index (χ1v) is 8.03. The summed E-state index contributed by atoms with van der Waals surface area (Å²) in [6.07, 6.45) is 2.61. The maximum atomic E-state index is 12.3. The van der Waals surface area contributed by atoms with Crippen LogP contribution in [0.25, 0.3) is 0 Å². The zero-order valence-electron chi connectivity index (χ0n) is 13.6. The Hall–Kier alpha value is -1.35. The van der Waals surface area contributed by atoms with Gasteiger partial charge in [-0.2, -0.15) is 0 Å². The molecule has 0 saturated carbocycles. The number of carbonyl (C=O) groups is 1. The number of amides is 1. The maximum Gasteiger partial charge on any atom is 0.222 e. The van der Waals surface area contributed by atoms with E-state index < -0.39 is 0 Å². The van der Waals surface area contributed by atoms with Gasteiger partial charge in [-0.15, -0.1) is 0 Å². The molecule has 3 nitrogen and oxygen atoms in total. The number of carbonyl (C=O) groups excluding carboxylic acids is 1. The number of piperazine rings is 1. The Kier molecular flexibility index (Phi) is 5.40. The fourth-order valence-corrected chi connectivity index (χ4v) is 2.87. The second-order valence-electron chi connectivity index (χ2n) is 6.88. The lowest BCUT2D eigenvalue weighted by Gasteiger charge is -2.42. The van der Waals surface area contributed by atoms with E-state index in [0.29, 0.717) is 12.3 Å². The molecule has 0 aliphatic carbocycles. The smallest absolute Gasteiger partial charge is 0.222 e. The lowest BCUT2D eigenvalue weighted by atomic mass is 10.0. The molecular formula is C18H28N2O. The summed E-state index contributed by atoms with van der Waals surface area (Å²) in [5, 5.41) is 0. The van der Waals surface area contributed by atoms with Crippen molar-refractivity contribution in [2.75, 3.05) is 26.2 Å². The molecule has 1 aromatic rings. The van der Waals surface area contributed by atoms with Gasteiger partial charge in [0.05, 0.1) is 0 Å². The molecule has 1 aliphatic heterocycles. The lowest BCUT2D eigenvalue weighted by molar-refractivity contribution is -0.133. The van der Waals surface area contributed by atoms with Gasteiger partial charge in [0, 0.05) is 38.1 Å². The Morgan fingerprint density at radius 2 is 1.67 bits per heavy atom. The minimum absolute atomic E-state index is 0.211. The van der Waals surface area contributed by atoms with Crippen molar-refractivity contribution in [2.24, 2.45) is 0 Å². The highest BCUT2D eigenvalue weighted by Gasteiger charge is 2.27. The van der Waals surface area contributed by atoms with E-state index in [0.717, 1.165) is 39.0 Å². The predicted octanol–water partition coefficient (Wildman–Crippen LogP) is 2.95. The van der Waals surface area contributed by atoms with Crippen molar-refractivity contribution in [3.63, 3.8) is 0 Å². The number of hydrogen-bond acceptors (Lipinski definition) is 2. The number of rotatable bonds is 4. The highest BCUT2D eigenvalue weighted by atomic mass is 16.2. The van der Waals surface area contributed by atoms with Gasteiger partial charge in [0.2, 0.25) is 5.91 Å². The normalized spacial score (nSPS) is 17.0. The molecular weight excluding hydrogens is 260 g/mol. The second-order valence-corrected chi connectivity index (χ2v) is 6.88. The van der Waals surface area contributed by atoms with Crippen molar-refractivity contribution in [1.82, 2.24) is 9.80 Å². The van der Waals surface area contributed by atoms with Crippen LogP contribution in [0.1, 0.15) is 39.2 Å². The Morgan fingerprint density at radius 3 is 2.24 bits per heavy atom. The summed E-state index contributed by atoms with van der Waals surface area (Å²) in [6, 6.07) is 10.4. The average Bonchev–Trinajstić information content (AvgIpc) is 2.47. The minimum atomic E-state index is 0.211. The Bertz CT molecular complexity index is 442. The zero-order valence-corrected chi connectivity index (χ0v) is 13.6. The molecule has 1 saturated heterocycles. The zero-order chi connectivity index (χ0) is 15.3. The Labute approximate surface area is 128 Å². The number of benzene rings is 1. The topological polar surface area (TPSA) is 23.6 Å². The van der Waals surface area contributed by atoms with E-state index in [1.54, 1.807) is 0 Å². The Morgan fingerprint density at radius 1 is 1.05 bits per heavy atom. The predicted molar refractivity (Wildman–Crippen MR) is 87.3 cm³/mol. The van der Waals surface area contributed by atoms with Crippen molar-refractivity contribution < 1.29 is 4.79 Å². The summed E-state index contributed by atoms with van der Waals surface area (Å²) < 4.78 is 0. The van der Waals surface area contributed by atoms with Crippen LogP contribution in [0.4, 0.5) is 0 Å². The molecule has 0 atom stereocenters. The first kappa shape index (κ1) is 16.0. The molecule has 0 unspecified atom stereocenters. The quantitative estimate of drug-likeness (QED) is 0.850. The highest BCUT2D eigenvalue weighted by molar-refractivity contribution is 5.76. The largest absolute Gasteiger partial charge is 0.340 e. The molecule has 0 aromatic heterocycles. The van der Waals surface area contributed by atoms with Crippen LogP contribution in [0.2, 0.25) is 0 Å². The average molecular weight is 288 g/mol. The SMILES string of the molecule is CC(C)(C)N1CCN(C(=O)CCCc2ccccc2)CC1. The summed E-state index contributed by atoms with van der Waals surface area (Å²) in [6.45, 7) is 10.5. The van der Waals surface area contributed by atoms with E-state index >= 15 is 0 Å². The van der Waals surface area contributed by atoms with Gasteiger partial charge in [0.15, 0.2) is 0 Å². The monoisotopic (exact) mass is 288 g/mol. The third-order valence-corrected chi connectivity index (χ3v) is 4.28. The van der Waals surface area contributed by atoms with Gasteiger partial charge in [-0.25, -0.2) is 0 Å². The molecule has 3 heteroatoms. The van der Waals surface area contributed by atoms with Gasteiger partial charge >= 0.3 is 0 Å². The molecule has 2 rings (SSSR count). The van der Waals surface area contributed by atoms with Crippen molar-refractivity contribution in [3.8, 4) is 0 Å². The third kappa shape index (κ3) is 4.85. The van der Waals surface area contributed by atoms with E-state index in [2.05, 4.69) is 49.9 Å². The molecule has 1 aliphatic rings. The molecule has 116 valence electrons. The van der Waals surface area contributed by atoms with Crippen LogP contribution in [0.5, 0.6) is 0 Å². The van der Waals surface area contributed by atoms with Crippen LogP contribution in [0.3, 0.4) is 0 Å². The summed E-state index contributed by atoms with van der Waals surface area (Å²) >= 11 is 0. The van der Waals surface area contributed by atoms with Crippen LogP contribution in [0.15, 0.2) is 30.3 Å². The number of hydrogen-bond donors (Lipinski definition) is 0. The molecule has 0 radical (unpaired) electrons. The summed E-state index contributed by atoms with van der Waals surface area (Å²) in [7, 11) is 0. The summed E-state index contributed by atoms with van der Waals surface area (Å²) in [4.78, 5) is 16.7. The van der Waals surface area contributed by atoms with Crippen molar-refractivity contribution >= 4 is 5.91 Å². The van der Waals surface area contributed by atoms with Crippen LogP contribution >= 0.6 is 0 Å². The summed E-state index contributed by atoms with van der Waals surface area (Å²) in [5.74, 6) is 0.319. The number of nitrogens with zero attached hydrogens (tertiary/aromatic N) is 2. The van der Waals surface area contributed by atoms with Crippen LogP contribution in [-0.4, -0.2) is 47.4 Å². The van der Waals surface area contributed by atoms with Crippen LogP contribution in [-0.2, 0) is 11.2 Å². The van der Waals surface area contributed by atoms with Gasteiger partial charge in [-0.05, 0) is 39.2 Å². The molecule has 0 spiro atoms. The van der Waals surface area contributed by atoms with Crippen molar-refractivity contribution in [3.05, 3.63) is 35.9 Å². The van der Waals surface area contributed by atoms with E-state index in [9.17, 15) is 4.79 Å². The molecule has 0 N–H and O–H groups in total. The lowest BCUT2D eigenvalue weighted by Crippen LogP contribution is -2.54. The van der Waals surface area contributed by atoms with Crippen molar-refractivity contribution in [1.29, 1.82) is 0 Å². The van der Waals surface area contributed by atoms with Crippen molar-refractivity contribution in [2.45, 2.75) is 45.6 Å². The number of aryl methyl sites for hydroxylation is 1. The molecule has 1 fully saturated rings. The minimum Gasteiger partial charge on any atom is -0.340 e. The van der Waals surface area contributed by atoms with E-state index in [-0.39, 0.29) is 5.54 Å². The highest BCUT2D eigenvalue weighted by Crippen LogP contribution is 2.16. The fraction of sp³-hybridized carbons (Fsp3) is 0.611. The van der Waals surface area contributed by atoms with Gasteiger partial charge < -0.3 is 4.90 Å². The summed E-state index contributed by atoms with van der Waals surface area (Å²) in [5.41, 5.74) is 1.53. The van der Waals surface area contributed by atoms with Gasteiger partial charge in [-0.3, -0.25) is 9.69 Å². The van der Waals surface area contributed by atoms with Gasteiger partial charge in [0.1, 0.15) is 0 Å². The third-order valence-electron chi connectivity index (χ3n) is 4.28. The Balaban J connectivity index is 1.70. The van der Waals surface area contributed by atoms with Crippen LogP contribution < -0.4 is 0 Å². The van der Waals surface area contributed by atoms with Crippen LogP contribution in [0, 0.1) is 0 Å². The van der Waals surface area contributed by atoms with E-state index in [1.165, 1.54) is 5.56 Å². The van der Waals surface area contributed by atoms with E-state index in [1.807, 2.05) is 11.0 Å². The molecule has 1 aromatic carbocycles. The van der Waals surface area contributed by atoms with E-state index in [4.69, 9.17) is 0 Å². The maximum absolute atomic E-state index is 12.3. The first-order chi connectivity index (χ1) is 9.97. The second kappa shape index (κ2) is 7.08. The molecule has 0 bridgehead atoms. The van der Waals surface area contributed by atoms with Gasteiger partial charge in [-0.1, -0.05) is 30.3 Å². The first-order valence-electron chi connectivity index (χ1n) is 8.03. The fourth-order valence-electron chi connectivity index (χ4n) is 2.87.